The minimum absolute atomic E-state index is 0.0469. The molecule has 0 spiro atoms. The van der Waals surface area contributed by atoms with Crippen LogP contribution in [0, 0.1) is 28.8 Å². The van der Waals surface area contributed by atoms with E-state index in [0.717, 1.165) is 12.1 Å². The van der Waals surface area contributed by atoms with Crippen molar-refractivity contribution in [3.05, 3.63) is 75.3 Å². The number of hydrogen-bond donors (Lipinski definition) is 1. The van der Waals surface area contributed by atoms with Crippen LogP contribution >= 0.6 is 11.8 Å². The van der Waals surface area contributed by atoms with Gasteiger partial charge in [0.1, 0.15) is 29.9 Å². The Balaban J connectivity index is 1.90. The van der Waals surface area contributed by atoms with E-state index < -0.39 is 23.0 Å². The number of nitrogens with zero attached hydrogens (tertiary/aromatic N) is 2. The molecule has 0 amide bonds. The Labute approximate surface area is 161 Å². The van der Waals surface area contributed by atoms with Crippen molar-refractivity contribution in [1.82, 2.24) is 9.97 Å². The molecule has 0 unspecified atom stereocenters. The predicted octanol–water partition coefficient (Wildman–Crippen LogP) is 4.03. The van der Waals surface area contributed by atoms with E-state index in [-0.39, 0.29) is 39.9 Å². The van der Waals surface area contributed by atoms with E-state index in [9.17, 15) is 23.2 Å². The summed E-state index contributed by atoms with van der Waals surface area (Å²) in [5.41, 5.74) is -0.525. The molecule has 142 valence electrons. The smallest absolute Gasteiger partial charge is 0.270 e. The van der Waals surface area contributed by atoms with Gasteiger partial charge >= 0.3 is 0 Å². The Morgan fingerprint density at radius 1 is 1.18 bits per heavy atom. The van der Waals surface area contributed by atoms with Crippen molar-refractivity contribution >= 4 is 11.8 Å². The number of ether oxygens (including phenoxy) is 1. The van der Waals surface area contributed by atoms with Gasteiger partial charge in [0.05, 0.1) is 5.69 Å². The first kappa shape index (κ1) is 19.5. The average Bonchev–Trinajstić information content (AvgIpc) is 2.67. The molecular formula is C19H12F3N3O2S. The lowest BCUT2D eigenvalue weighted by Crippen LogP contribution is -2.14. The third kappa shape index (κ3) is 4.02. The van der Waals surface area contributed by atoms with E-state index in [1.54, 1.807) is 12.3 Å². The number of nitrogens with one attached hydrogen (secondary N) is 1. The summed E-state index contributed by atoms with van der Waals surface area (Å²) >= 11 is 1.17. The standard InChI is InChI=1S/C19H12F3N3O2S/c1-28-19-24-17(13(8-23)18(26)25-19)10-3-5-16(15(22)6-10)27-9-11-2-4-12(20)7-14(11)21/h2-7H,9H2,1H3,(H,24,25,26). The molecule has 0 saturated heterocycles. The van der Waals surface area contributed by atoms with Crippen molar-refractivity contribution in [2.75, 3.05) is 6.26 Å². The number of hydrogen-bond acceptors (Lipinski definition) is 5. The maximum atomic E-state index is 14.4. The van der Waals surface area contributed by atoms with Crippen LogP contribution in [0.1, 0.15) is 11.1 Å². The second-order valence-electron chi connectivity index (χ2n) is 5.58. The fourth-order valence-corrected chi connectivity index (χ4v) is 2.80. The zero-order valence-corrected chi connectivity index (χ0v) is 15.2. The minimum atomic E-state index is -0.798. The van der Waals surface area contributed by atoms with Crippen molar-refractivity contribution in [3.8, 4) is 23.1 Å². The molecule has 0 aliphatic heterocycles. The molecule has 0 radical (unpaired) electrons. The number of halogens is 3. The quantitative estimate of drug-likeness (QED) is 0.514. The topological polar surface area (TPSA) is 78.8 Å². The number of aromatic amines is 1. The molecule has 0 atom stereocenters. The van der Waals surface area contributed by atoms with Crippen LogP contribution in [0.15, 0.2) is 46.3 Å². The lowest BCUT2D eigenvalue weighted by atomic mass is 10.1. The molecule has 3 aromatic rings. The van der Waals surface area contributed by atoms with E-state index in [2.05, 4.69) is 9.97 Å². The molecule has 0 aliphatic rings. The molecule has 0 fully saturated rings. The molecule has 2 aromatic carbocycles. The van der Waals surface area contributed by atoms with Crippen LogP contribution in [0.5, 0.6) is 5.75 Å². The molecule has 0 aliphatic carbocycles. The van der Waals surface area contributed by atoms with Gasteiger partial charge in [0.15, 0.2) is 16.7 Å². The minimum Gasteiger partial charge on any atom is -0.486 e. The monoisotopic (exact) mass is 403 g/mol. The predicted molar refractivity (Wildman–Crippen MR) is 97.4 cm³/mol. The first-order chi connectivity index (χ1) is 13.4. The van der Waals surface area contributed by atoms with Crippen molar-refractivity contribution in [2.24, 2.45) is 0 Å². The highest BCUT2D eigenvalue weighted by molar-refractivity contribution is 7.98. The van der Waals surface area contributed by atoms with Crippen LogP contribution < -0.4 is 10.3 Å². The molecular weight excluding hydrogens is 391 g/mol. The fourth-order valence-electron chi connectivity index (χ4n) is 2.42. The molecule has 1 aromatic heterocycles. The maximum Gasteiger partial charge on any atom is 0.270 e. The van der Waals surface area contributed by atoms with Crippen LogP contribution in [0.4, 0.5) is 13.2 Å². The Morgan fingerprint density at radius 3 is 2.61 bits per heavy atom. The van der Waals surface area contributed by atoms with Gasteiger partial charge in [-0.05, 0) is 36.6 Å². The lowest BCUT2D eigenvalue weighted by Gasteiger charge is -2.10. The van der Waals surface area contributed by atoms with E-state index in [0.29, 0.717) is 6.07 Å². The average molecular weight is 403 g/mol. The first-order valence-corrected chi connectivity index (χ1v) is 9.10. The molecule has 28 heavy (non-hydrogen) atoms. The third-order valence-corrected chi connectivity index (χ3v) is 4.39. The second kappa shape index (κ2) is 8.19. The summed E-state index contributed by atoms with van der Waals surface area (Å²) in [7, 11) is 0. The summed E-state index contributed by atoms with van der Waals surface area (Å²) < 4.78 is 46.3. The van der Waals surface area contributed by atoms with Gasteiger partial charge in [-0.2, -0.15) is 5.26 Å². The highest BCUT2D eigenvalue weighted by Gasteiger charge is 2.16. The third-order valence-electron chi connectivity index (χ3n) is 3.81. The SMILES string of the molecule is CSc1nc(-c2ccc(OCc3ccc(F)cc3F)c(F)c2)c(C#N)c(=O)[nH]1. The molecule has 0 bridgehead atoms. The van der Waals surface area contributed by atoms with Gasteiger partial charge in [-0.15, -0.1) is 0 Å². The highest BCUT2D eigenvalue weighted by Crippen LogP contribution is 2.27. The van der Waals surface area contributed by atoms with Gasteiger partial charge in [0.25, 0.3) is 5.56 Å². The molecule has 1 N–H and O–H groups in total. The van der Waals surface area contributed by atoms with Gasteiger partial charge in [0, 0.05) is 17.2 Å². The highest BCUT2D eigenvalue weighted by atomic mass is 32.2. The number of aromatic nitrogens is 2. The zero-order chi connectivity index (χ0) is 20.3. The van der Waals surface area contributed by atoms with E-state index >= 15 is 0 Å². The largest absolute Gasteiger partial charge is 0.486 e. The molecule has 9 heteroatoms. The van der Waals surface area contributed by atoms with E-state index in [1.165, 1.54) is 30.0 Å². The number of thioether (sulfide) groups is 1. The van der Waals surface area contributed by atoms with Crippen molar-refractivity contribution in [3.63, 3.8) is 0 Å². The Hall–Kier alpha value is -3.25. The van der Waals surface area contributed by atoms with Crippen LogP contribution in [0.3, 0.4) is 0 Å². The Bertz CT molecular complexity index is 1140. The van der Waals surface area contributed by atoms with Crippen molar-refractivity contribution < 1.29 is 17.9 Å². The van der Waals surface area contributed by atoms with Gasteiger partial charge in [-0.1, -0.05) is 11.8 Å². The van der Waals surface area contributed by atoms with Gasteiger partial charge in [-0.25, -0.2) is 18.2 Å². The van der Waals surface area contributed by atoms with E-state index in [4.69, 9.17) is 4.74 Å². The van der Waals surface area contributed by atoms with Crippen molar-refractivity contribution in [1.29, 1.82) is 5.26 Å². The number of benzene rings is 2. The lowest BCUT2D eigenvalue weighted by molar-refractivity contribution is 0.284. The summed E-state index contributed by atoms with van der Waals surface area (Å²) in [5, 5.41) is 9.49. The fraction of sp³-hybridized carbons (Fsp3) is 0.105. The van der Waals surface area contributed by atoms with Crippen LogP contribution in [0.25, 0.3) is 11.3 Å². The van der Waals surface area contributed by atoms with Crippen molar-refractivity contribution in [2.45, 2.75) is 11.8 Å². The molecule has 0 saturated carbocycles. The molecule has 1 heterocycles. The van der Waals surface area contributed by atoms with E-state index in [1.807, 2.05) is 0 Å². The van der Waals surface area contributed by atoms with Crippen LogP contribution in [0.2, 0.25) is 0 Å². The maximum absolute atomic E-state index is 14.4. The first-order valence-electron chi connectivity index (χ1n) is 7.88. The summed E-state index contributed by atoms with van der Waals surface area (Å²) in [6.07, 6.45) is 1.69. The summed E-state index contributed by atoms with van der Waals surface area (Å²) in [6.45, 7) is -0.300. The van der Waals surface area contributed by atoms with Gasteiger partial charge in [0.2, 0.25) is 0 Å². The normalized spacial score (nSPS) is 10.5. The van der Waals surface area contributed by atoms with Gasteiger partial charge < -0.3 is 9.72 Å². The van der Waals surface area contributed by atoms with Crippen LogP contribution in [-0.2, 0) is 6.61 Å². The zero-order valence-electron chi connectivity index (χ0n) is 14.4. The number of nitriles is 1. The molecule has 5 nitrogen and oxygen atoms in total. The second-order valence-corrected chi connectivity index (χ2v) is 6.38. The summed E-state index contributed by atoms with van der Waals surface area (Å²) in [5.74, 6) is -2.47. The molecule has 3 rings (SSSR count). The van der Waals surface area contributed by atoms with Gasteiger partial charge in [-0.3, -0.25) is 4.79 Å². The number of H-pyrrole nitrogens is 1. The Kier molecular flexibility index (Phi) is 5.70. The summed E-state index contributed by atoms with van der Waals surface area (Å²) in [4.78, 5) is 18.6. The Morgan fingerprint density at radius 2 is 1.96 bits per heavy atom. The number of rotatable bonds is 5. The summed E-state index contributed by atoms with van der Waals surface area (Å²) in [6, 6.07) is 8.56. The van der Waals surface area contributed by atoms with Crippen LogP contribution in [-0.4, -0.2) is 16.2 Å².